The minimum atomic E-state index is -0.0250. The topological polar surface area (TPSA) is 40.5 Å². The molecule has 2 N–H and O–H groups in total. The summed E-state index contributed by atoms with van der Waals surface area (Å²) in [5.41, 5.74) is 4.57. The Kier molecular flexibility index (Phi) is 6.47. The Hall–Kier alpha value is -1.96. The normalized spacial score (nSPS) is 19.0. The molecule has 0 heterocycles. The number of benzene rings is 2. The molecule has 0 aliphatic heterocycles. The lowest BCUT2D eigenvalue weighted by Crippen LogP contribution is -2.14. The van der Waals surface area contributed by atoms with Gasteiger partial charge in [-0.3, -0.25) is 0 Å². The summed E-state index contributed by atoms with van der Waals surface area (Å²) < 4.78 is 0. The average Bonchev–Trinajstić information content (AvgIpc) is 2.76. The third-order valence-electron chi connectivity index (χ3n) is 7.17. The second kappa shape index (κ2) is 9.24. The summed E-state index contributed by atoms with van der Waals surface area (Å²) in [4.78, 5) is 0. The molecule has 154 valence electrons. The Morgan fingerprint density at radius 3 is 1.48 bits per heavy atom. The van der Waals surface area contributed by atoms with E-state index in [9.17, 15) is 10.2 Å². The zero-order valence-corrected chi connectivity index (χ0v) is 17.7. The fourth-order valence-electron chi connectivity index (χ4n) is 5.79. The Morgan fingerprint density at radius 1 is 0.690 bits per heavy atom. The van der Waals surface area contributed by atoms with Crippen LogP contribution in [-0.4, -0.2) is 10.2 Å². The molecule has 0 aromatic heterocycles. The molecule has 4 rings (SSSR count). The van der Waals surface area contributed by atoms with Crippen molar-refractivity contribution >= 4 is 0 Å². The third-order valence-corrected chi connectivity index (χ3v) is 7.17. The molecule has 0 bridgehead atoms. The molecule has 0 atom stereocenters. The van der Waals surface area contributed by atoms with Crippen LogP contribution >= 0.6 is 0 Å². The Bertz CT molecular complexity index is 746. The summed E-state index contributed by atoms with van der Waals surface area (Å²) in [6.45, 7) is 1.99. The Balaban J connectivity index is 1.79. The summed E-state index contributed by atoms with van der Waals surface area (Å²) in [6.07, 6.45) is 15.7. The van der Waals surface area contributed by atoms with Gasteiger partial charge in [0.15, 0.2) is 0 Å². The second-order valence-corrected chi connectivity index (χ2v) is 8.95. The number of rotatable bonds is 5. The van der Waals surface area contributed by atoms with Crippen molar-refractivity contribution in [2.24, 2.45) is 0 Å². The summed E-state index contributed by atoms with van der Waals surface area (Å²) in [7, 11) is 0. The molecule has 2 aliphatic rings. The fraction of sp³-hybridized carbons (Fsp3) is 0.519. The maximum atomic E-state index is 10.8. The van der Waals surface area contributed by atoms with Crippen molar-refractivity contribution in [3.8, 4) is 11.5 Å². The molecule has 2 radical (unpaired) electrons. The van der Waals surface area contributed by atoms with Crippen LogP contribution in [0.5, 0.6) is 11.5 Å². The van der Waals surface area contributed by atoms with Crippen molar-refractivity contribution in [1.29, 1.82) is 0 Å². The van der Waals surface area contributed by atoms with E-state index in [0.717, 1.165) is 36.8 Å². The number of hydrogen-bond donors (Lipinski definition) is 2. The second-order valence-electron chi connectivity index (χ2n) is 8.95. The van der Waals surface area contributed by atoms with Gasteiger partial charge in [-0.15, -0.1) is 0 Å². The van der Waals surface area contributed by atoms with Gasteiger partial charge in [-0.1, -0.05) is 69.7 Å². The standard InChI is InChI=1S/C27H34O2/c1-2-21(22-15-9-17-24(28)26(22)19-11-5-3-6-12-19)23-16-10-18-25(29)27(23)20-13-7-4-8-14-20/h9-10,15-21,28-29H,3-8,11-14H2,1H3. The predicted octanol–water partition coefficient (Wildman–Crippen LogP) is 7.43. The van der Waals surface area contributed by atoms with Gasteiger partial charge >= 0.3 is 0 Å². The van der Waals surface area contributed by atoms with E-state index in [1.54, 1.807) is 0 Å². The molecule has 0 saturated heterocycles. The minimum Gasteiger partial charge on any atom is -0.508 e. The molecule has 2 nitrogen and oxygen atoms in total. The minimum absolute atomic E-state index is 0.0250. The van der Waals surface area contributed by atoms with Gasteiger partial charge in [0.2, 0.25) is 0 Å². The van der Waals surface area contributed by atoms with Crippen molar-refractivity contribution in [2.75, 3.05) is 0 Å². The van der Waals surface area contributed by atoms with Crippen LogP contribution in [-0.2, 0) is 0 Å². The molecule has 2 aliphatic carbocycles. The van der Waals surface area contributed by atoms with Crippen molar-refractivity contribution < 1.29 is 10.2 Å². The summed E-state index contributed by atoms with van der Waals surface area (Å²) >= 11 is 0. The first-order valence-corrected chi connectivity index (χ1v) is 11.5. The van der Waals surface area contributed by atoms with Gasteiger partial charge in [-0.05, 0) is 67.2 Å². The van der Waals surface area contributed by atoms with E-state index in [4.69, 9.17) is 0 Å². The predicted molar refractivity (Wildman–Crippen MR) is 119 cm³/mol. The first-order valence-electron chi connectivity index (χ1n) is 11.5. The van der Waals surface area contributed by atoms with E-state index in [1.165, 1.54) is 49.7 Å². The van der Waals surface area contributed by atoms with Crippen molar-refractivity contribution in [1.82, 2.24) is 0 Å². The fourth-order valence-corrected chi connectivity index (χ4v) is 5.79. The van der Waals surface area contributed by atoms with Crippen LogP contribution in [0.4, 0.5) is 0 Å². The summed E-state index contributed by atoms with van der Waals surface area (Å²) in [5, 5.41) is 21.7. The average molecular weight is 391 g/mol. The number of aromatic hydroxyl groups is 2. The van der Waals surface area contributed by atoms with Crippen LogP contribution in [0.25, 0.3) is 0 Å². The highest BCUT2D eigenvalue weighted by molar-refractivity contribution is 5.53. The Morgan fingerprint density at radius 2 is 1.10 bits per heavy atom. The quantitative estimate of drug-likeness (QED) is 0.557. The Labute approximate surface area is 176 Å². The molecule has 2 aromatic carbocycles. The highest BCUT2D eigenvalue weighted by Crippen LogP contribution is 2.47. The van der Waals surface area contributed by atoms with E-state index in [1.807, 2.05) is 31.2 Å². The maximum Gasteiger partial charge on any atom is 0.119 e. The van der Waals surface area contributed by atoms with E-state index in [2.05, 4.69) is 18.6 Å². The van der Waals surface area contributed by atoms with E-state index < -0.39 is 0 Å². The van der Waals surface area contributed by atoms with Crippen molar-refractivity contribution in [3.05, 3.63) is 65.1 Å². The van der Waals surface area contributed by atoms with Gasteiger partial charge in [0.1, 0.15) is 11.5 Å². The molecule has 0 unspecified atom stereocenters. The highest BCUT2D eigenvalue weighted by Gasteiger charge is 2.29. The first-order chi connectivity index (χ1) is 14.2. The van der Waals surface area contributed by atoms with Crippen LogP contribution in [0, 0.1) is 6.42 Å². The molecule has 2 aromatic rings. The number of phenols is 2. The smallest absolute Gasteiger partial charge is 0.119 e. The highest BCUT2D eigenvalue weighted by atomic mass is 16.3. The van der Waals surface area contributed by atoms with Gasteiger partial charge in [-0.2, -0.15) is 0 Å². The van der Waals surface area contributed by atoms with Gasteiger partial charge < -0.3 is 10.2 Å². The lowest BCUT2D eigenvalue weighted by Gasteiger charge is -2.31. The molecule has 2 fully saturated rings. The largest absolute Gasteiger partial charge is 0.508 e. The number of phenolic OH excluding ortho intramolecular Hbond substituents is 2. The molecule has 29 heavy (non-hydrogen) atoms. The monoisotopic (exact) mass is 390 g/mol. The summed E-state index contributed by atoms with van der Waals surface area (Å²) in [6, 6.07) is 11.9. The third kappa shape index (κ3) is 4.17. The van der Waals surface area contributed by atoms with Gasteiger partial charge in [0.05, 0.1) is 0 Å². The lowest BCUT2D eigenvalue weighted by molar-refractivity contribution is 0.408. The van der Waals surface area contributed by atoms with Gasteiger partial charge in [-0.25, -0.2) is 0 Å². The van der Waals surface area contributed by atoms with Crippen LogP contribution in [0.2, 0.25) is 0 Å². The zero-order valence-electron chi connectivity index (χ0n) is 17.7. The molecule has 0 spiro atoms. The van der Waals surface area contributed by atoms with E-state index in [0.29, 0.717) is 23.3 Å². The van der Waals surface area contributed by atoms with E-state index >= 15 is 0 Å². The maximum absolute atomic E-state index is 10.8. The van der Waals surface area contributed by atoms with Gasteiger partial charge in [0.25, 0.3) is 0 Å². The molecule has 2 heteroatoms. The van der Waals surface area contributed by atoms with Crippen molar-refractivity contribution in [2.45, 2.75) is 88.9 Å². The number of hydrogen-bond acceptors (Lipinski definition) is 2. The lowest BCUT2D eigenvalue weighted by atomic mass is 9.73. The zero-order chi connectivity index (χ0) is 20.2. The summed E-state index contributed by atoms with van der Waals surface area (Å²) in [5.74, 6) is 1.67. The molecule has 0 amide bonds. The SMILES string of the molecule is C[C]C(c1cccc(O)c1C1CCCCC1)c1cccc(O)c1C1CCCCC1. The molecule has 2 saturated carbocycles. The molecular weight excluding hydrogens is 356 g/mol. The van der Waals surface area contributed by atoms with Gasteiger partial charge in [0, 0.05) is 17.0 Å². The first kappa shape index (κ1) is 20.3. The van der Waals surface area contributed by atoms with Crippen LogP contribution in [0.3, 0.4) is 0 Å². The van der Waals surface area contributed by atoms with Crippen LogP contribution in [0.15, 0.2) is 36.4 Å². The van der Waals surface area contributed by atoms with E-state index in [-0.39, 0.29) is 5.92 Å². The molecular formula is C27H34O2. The van der Waals surface area contributed by atoms with Crippen molar-refractivity contribution in [3.63, 3.8) is 0 Å². The van der Waals surface area contributed by atoms with Crippen LogP contribution < -0.4 is 0 Å². The van der Waals surface area contributed by atoms with Crippen LogP contribution in [0.1, 0.15) is 111 Å².